The van der Waals surface area contributed by atoms with Crippen molar-refractivity contribution >= 4 is 5.69 Å². The molecule has 1 aliphatic rings. The summed E-state index contributed by atoms with van der Waals surface area (Å²) in [4.78, 5) is 1.37. The fourth-order valence-corrected chi connectivity index (χ4v) is 2.09. The predicted molar refractivity (Wildman–Crippen MR) is 63.1 cm³/mol. The monoisotopic (exact) mass is 260 g/mol. The lowest BCUT2D eigenvalue weighted by atomic mass is 10.1. The van der Waals surface area contributed by atoms with Gasteiger partial charge in [0.1, 0.15) is 11.8 Å². The zero-order chi connectivity index (χ0) is 13.2. The van der Waals surface area contributed by atoms with Crippen LogP contribution in [0.1, 0.15) is 0 Å². The van der Waals surface area contributed by atoms with E-state index in [0.717, 1.165) is 0 Å². The van der Waals surface area contributed by atoms with Crippen LogP contribution in [0.5, 0.6) is 5.75 Å². The number of nitrogens with one attached hydrogen (secondary N) is 1. The van der Waals surface area contributed by atoms with E-state index in [1.165, 1.54) is 12.0 Å². The zero-order valence-electron chi connectivity index (χ0n) is 10.00. The summed E-state index contributed by atoms with van der Waals surface area (Å²) in [5.41, 5.74) is 0.540. The minimum atomic E-state index is -4.24. The van der Waals surface area contributed by atoms with Gasteiger partial charge in [0.05, 0.1) is 7.11 Å². The highest BCUT2D eigenvalue weighted by Crippen LogP contribution is 2.31. The molecular formula is C12H15F3N2O. The standard InChI is InChI=1S/C12H15F3N2O/c1-18-10-4-2-3-9(7-10)17-6-5-16-8-11(17)12(13,14)15/h2-4,7,11,16H,5-6,8H2,1H3. The summed E-state index contributed by atoms with van der Waals surface area (Å²) < 4.78 is 43.9. The second-order valence-electron chi connectivity index (χ2n) is 4.16. The van der Waals surface area contributed by atoms with Crippen LogP contribution in [-0.2, 0) is 0 Å². The molecule has 1 atom stereocenters. The molecule has 18 heavy (non-hydrogen) atoms. The number of anilines is 1. The molecule has 0 spiro atoms. The van der Waals surface area contributed by atoms with E-state index in [9.17, 15) is 13.2 Å². The lowest BCUT2D eigenvalue weighted by Gasteiger charge is -2.38. The van der Waals surface area contributed by atoms with E-state index in [2.05, 4.69) is 5.32 Å². The molecule has 1 fully saturated rings. The molecule has 1 heterocycles. The second kappa shape index (κ2) is 5.06. The minimum absolute atomic E-state index is 0.0826. The number of piperazine rings is 1. The van der Waals surface area contributed by atoms with E-state index in [4.69, 9.17) is 4.74 Å². The van der Waals surface area contributed by atoms with Gasteiger partial charge < -0.3 is 15.0 Å². The Morgan fingerprint density at radius 3 is 2.83 bits per heavy atom. The van der Waals surface area contributed by atoms with Crippen LogP contribution in [0.25, 0.3) is 0 Å². The fourth-order valence-electron chi connectivity index (χ4n) is 2.09. The second-order valence-corrected chi connectivity index (χ2v) is 4.16. The van der Waals surface area contributed by atoms with Gasteiger partial charge in [0, 0.05) is 31.4 Å². The largest absolute Gasteiger partial charge is 0.497 e. The fraction of sp³-hybridized carbons (Fsp3) is 0.500. The SMILES string of the molecule is COc1cccc(N2CCNCC2C(F)(F)F)c1. The summed E-state index contributed by atoms with van der Waals surface area (Å²) in [5, 5.41) is 2.78. The first-order chi connectivity index (χ1) is 8.52. The molecule has 6 heteroatoms. The zero-order valence-corrected chi connectivity index (χ0v) is 10.00. The van der Waals surface area contributed by atoms with Gasteiger partial charge in [0.25, 0.3) is 0 Å². The Hall–Kier alpha value is -1.43. The summed E-state index contributed by atoms with van der Waals surface area (Å²) in [6.45, 7) is 0.793. The van der Waals surface area contributed by atoms with E-state index in [-0.39, 0.29) is 6.54 Å². The van der Waals surface area contributed by atoms with Gasteiger partial charge in [-0.3, -0.25) is 0 Å². The molecule has 0 aliphatic carbocycles. The lowest BCUT2D eigenvalue weighted by Crippen LogP contribution is -2.58. The normalized spacial score (nSPS) is 20.9. The molecule has 2 rings (SSSR count). The first kappa shape index (κ1) is 13.0. The van der Waals surface area contributed by atoms with Gasteiger partial charge >= 0.3 is 6.18 Å². The molecule has 1 aromatic rings. The third-order valence-corrected chi connectivity index (χ3v) is 3.01. The third-order valence-electron chi connectivity index (χ3n) is 3.01. The molecule has 3 nitrogen and oxygen atoms in total. The maximum absolute atomic E-state index is 12.9. The average Bonchev–Trinajstić information content (AvgIpc) is 2.38. The number of benzene rings is 1. The Labute approximate surface area is 104 Å². The Morgan fingerprint density at radius 1 is 1.39 bits per heavy atom. The highest BCUT2D eigenvalue weighted by atomic mass is 19.4. The van der Waals surface area contributed by atoms with Gasteiger partial charge in [-0.25, -0.2) is 0 Å². The Bertz CT molecular complexity index is 409. The van der Waals surface area contributed by atoms with E-state index >= 15 is 0 Å². The predicted octanol–water partition coefficient (Wildman–Crippen LogP) is 2.04. The van der Waals surface area contributed by atoms with Crippen LogP contribution in [0.4, 0.5) is 18.9 Å². The first-order valence-corrected chi connectivity index (χ1v) is 5.70. The molecule has 0 bridgehead atoms. The molecule has 0 amide bonds. The highest BCUT2D eigenvalue weighted by Gasteiger charge is 2.44. The van der Waals surface area contributed by atoms with Crippen LogP contribution in [0, 0.1) is 0 Å². The molecular weight excluding hydrogens is 245 g/mol. The van der Waals surface area contributed by atoms with Crippen LogP contribution in [-0.4, -0.2) is 39.0 Å². The maximum atomic E-state index is 12.9. The summed E-state index contributed by atoms with van der Waals surface area (Å²) in [6, 6.07) is 5.23. The van der Waals surface area contributed by atoms with Crippen molar-refractivity contribution in [3.8, 4) is 5.75 Å². The molecule has 1 aromatic carbocycles. The van der Waals surface area contributed by atoms with E-state index in [1.54, 1.807) is 24.3 Å². The number of alkyl halides is 3. The molecule has 0 aromatic heterocycles. The smallest absolute Gasteiger partial charge is 0.409 e. The summed E-state index contributed by atoms with van der Waals surface area (Å²) in [5.74, 6) is 0.562. The summed E-state index contributed by atoms with van der Waals surface area (Å²) >= 11 is 0. The van der Waals surface area contributed by atoms with Gasteiger partial charge in [-0.05, 0) is 12.1 Å². The summed E-state index contributed by atoms with van der Waals surface area (Å²) in [7, 11) is 1.50. The van der Waals surface area contributed by atoms with Crippen LogP contribution >= 0.6 is 0 Å². The van der Waals surface area contributed by atoms with E-state index in [1.807, 2.05) is 0 Å². The van der Waals surface area contributed by atoms with Crippen molar-refractivity contribution in [3.05, 3.63) is 24.3 Å². The van der Waals surface area contributed by atoms with Gasteiger partial charge in [-0.15, -0.1) is 0 Å². The Kier molecular flexibility index (Phi) is 3.65. The molecule has 1 N–H and O–H groups in total. The summed E-state index contributed by atoms with van der Waals surface area (Å²) in [6.07, 6.45) is -4.24. The number of hydrogen-bond acceptors (Lipinski definition) is 3. The van der Waals surface area contributed by atoms with E-state index < -0.39 is 12.2 Å². The number of ether oxygens (including phenoxy) is 1. The molecule has 0 saturated carbocycles. The number of rotatable bonds is 2. The van der Waals surface area contributed by atoms with Gasteiger partial charge in [0.2, 0.25) is 0 Å². The van der Waals surface area contributed by atoms with Crippen molar-refractivity contribution < 1.29 is 17.9 Å². The van der Waals surface area contributed by atoms with Crippen molar-refractivity contribution in [3.63, 3.8) is 0 Å². The number of hydrogen-bond donors (Lipinski definition) is 1. The third kappa shape index (κ3) is 2.69. The van der Waals surface area contributed by atoms with Gasteiger partial charge in [0.15, 0.2) is 0 Å². The average molecular weight is 260 g/mol. The first-order valence-electron chi connectivity index (χ1n) is 5.70. The number of nitrogens with zero attached hydrogens (tertiary/aromatic N) is 1. The lowest BCUT2D eigenvalue weighted by molar-refractivity contribution is -0.149. The van der Waals surface area contributed by atoms with E-state index in [0.29, 0.717) is 24.5 Å². The molecule has 100 valence electrons. The van der Waals surface area contributed by atoms with Crippen molar-refractivity contribution in [1.29, 1.82) is 0 Å². The van der Waals surface area contributed by atoms with Gasteiger partial charge in [-0.1, -0.05) is 6.07 Å². The van der Waals surface area contributed by atoms with Gasteiger partial charge in [-0.2, -0.15) is 13.2 Å². The van der Waals surface area contributed by atoms with Crippen LogP contribution in [0.3, 0.4) is 0 Å². The molecule has 1 saturated heterocycles. The highest BCUT2D eigenvalue weighted by molar-refractivity contribution is 5.52. The number of methoxy groups -OCH3 is 1. The van der Waals surface area contributed by atoms with Crippen LogP contribution in [0.2, 0.25) is 0 Å². The van der Waals surface area contributed by atoms with Crippen molar-refractivity contribution in [2.45, 2.75) is 12.2 Å². The van der Waals surface area contributed by atoms with Crippen LogP contribution < -0.4 is 15.0 Å². The quantitative estimate of drug-likeness (QED) is 0.880. The molecule has 0 radical (unpaired) electrons. The molecule has 1 aliphatic heterocycles. The minimum Gasteiger partial charge on any atom is -0.497 e. The maximum Gasteiger partial charge on any atom is 0.409 e. The van der Waals surface area contributed by atoms with Crippen molar-refractivity contribution in [2.75, 3.05) is 31.6 Å². The van der Waals surface area contributed by atoms with Crippen molar-refractivity contribution in [2.24, 2.45) is 0 Å². The Morgan fingerprint density at radius 2 is 2.17 bits per heavy atom. The topological polar surface area (TPSA) is 24.5 Å². The number of halogens is 3. The molecule has 1 unspecified atom stereocenters. The van der Waals surface area contributed by atoms with Crippen molar-refractivity contribution in [1.82, 2.24) is 5.32 Å². The Balaban J connectivity index is 2.28. The van der Waals surface area contributed by atoms with Crippen LogP contribution in [0.15, 0.2) is 24.3 Å².